The van der Waals surface area contributed by atoms with Crippen LogP contribution in [0.2, 0.25) is 0 Å². The predicted octanol–water partition coefficient (Wildman–Crippen LogP) is 3.08. The average molecular weight is 293 g/mol. The van der Waals surface area contributed by atoms with Crippen molar-refractivity contribution in [2.75, 3.05) is 13.1 Å². The summed E-state index contributed by atoms with van der Waals surface area (Å²) in [5.41, 5.74) is 1.39. The molecule has 1 aromatic rings. The fourth-order valence-corrected chi connectivity index (χ4v) is 4.70. The van der Waals surface area contributed by atoms with E-state index >= 15 is 0 Å². The minimum absolute atomic E-state index is 0.111. The lowest BCUT2D eigenvalue weighted by Crippen LogP contribution is -2.46. The largest absolute Gasteiger partial charge is 0.393 e. The van der Waals surface area contributed by atoms with Gasteiger partial charge in [-0.2, -0.15) is 0 Å². The van der Waals surface area contributed by atoms with Crippen molar-refractivity contribution in [2.24, 2.45) is 5.41 Å². The normalized spacial score (nSPS) is 31.0. The molecule has 1 aromatic heterocycles. The van der Waals surface area contributed by atoms with Crippen molar-refractivity contribution >= 4 is 17.1 Å². The van der Waals surface area contributed by atoms with Gasteiger partial charge in [0.05, 0.1) is 11.0 Å². The highest BCUT2D eigenvalue weighted by Gasteiger charge is 2.44. The number of aliphatic hydroxyl groups excluding tert-OH is 1. The number of likely N-dealkylation sites (tertiary alicyclic amines) is 1. The molecule has 3 nitrogen and oxygen atoms in total. The lowest BCUT2D eigenvalue weighted by molar-refractivity contribution is -0.0119. The van der Waals surface area contributed by atoms with Gasteiger partial charge in [0.15, 0.2) is 5.78 Å². The quantitative estimate of drug-likeness (QED) is 0.871. The van der Waals surface area contributed by atoms with Gasteiger partial charge in [0.25, 0.3) is 0 Å². The van der Waals surface area contributed by atoms with Gasteiger partial charge in [0.1, 0.15) is 0 Å². The van der Waals surface area contributed by atoms with Crippen LogP contribution in [0.15, 0.2) is 11.4 Å². The van der Waals surface area contributed by atoms with E-state index < -0.39 is 0 Å². The first-order valence-electron chi connectivity index (χ1n) is 7.58. The first-order chi connectivity index (χ1) is 9.59. The Hall–Kier alpha value is -0.710. The monoisotopic (exact) mass is 293 g/mol. The predicted molar refractivity (Wildman–Crippen MR) is 81.1 cm³/mol. The fraction of sp³-hybridized carbons (Fsp3) is 0.688. The van der Waals surface area contributed by atoms with E-state index in [1.165, 1.54) is 31.2 Å². The highest BCUT2D eigenvalue weighted by Crippen LogP contribution is 2.45. The van der Waals surface area contributed by atoms with Gasteiger partial charge in [-0.1, -0.05) is 6.42 Å². The molecule has 1 aliphatic carbocycles. The smallest absolute Gasteiger partial charge is 0.169 e. The van der Waals surface area contributed by atoms with E-state index in [0.29, 0.717) is 0 Å². The van der Waals surface area contributed by atoms with E-state index in [4.69, 9.17) is 0 Å². The zero-order chi connectivity index (χ0) is 14.2. The molecule has 110 valence electrons. The van der Waals surface area contributed by atoms with Gasteiger partial charge in [-0.25, -0.2) is 0 Å². The Morgan fingerprint density at radius 3 is 2.95 bits per heavy atom. The Morgan fingerprint density at radius 1 is 1.50 bits per heavy atom. The van der Waals surface area contributed by atoms with Gasteiger partial charge >= 0.3 is 0 Å². The van der Waals surface area contributed by atoms with Crippen LogP contribution < -0.4 is 0 Å². The summed E-state index contributed by atoms with van der Waals surface area (Å²) >= 11 is 1.54. The number of hydrogen-bond donors (Lipinski definition) is 1. The summed E-state index contributed by atoms with van der Waals surface area (Å²) in [7, 11) is 0. The molecular formula is C16H23NO2S. The van der Waals surface area contributed by atoms with Gasteiger partial charge in [-0.3, -0.25) is 9.69 Å². The molecule has 2 atom stereocenters. The molecule has 1 saturated heterocycles. The van der Waals surface area contributed by atoms with Gasteiger partial charge in [-0.15, -0.1) is 11.3 Å². The van der Waals surface area contributed by atoms with E-state index in [1.807, 2.05) is 6.07 Å². The maximum Gasteiger partial charge on any atom is 0.169 e. The summed E-state index contributed by atoms with van der Waals surface area (Å²) in [5, 5.41) is 12.4. The summed E-state index contributed by atoms with van der Waals surface area (Å²) in [6.45, 7) is 4.66. The van der Waals surface area contributed by atoms with Crippen molar-refractivity contribution < 1.29 is 9.90 Å². The molecule has 1 spiro atoms. The molecule has 2 aliphatic rings. The molecule has 1 aliphatic heterocycles. The number of aliphatic hydroxyl groups is 1. The van der Waals surface area contributed by atoms with Gasteiger partial charge in [-0.05, 0) is 56.2 Å². The Kier molecular flexibility index (Phi) is 3.98. The summed E-state index contributed by atoms with van der Waals surface area (Å²) < 4.78 is 0. The summed E-state index contributed by atoms with van der Waals surface area (Å²) in [6.07, 6.45) is 5.56. The van der Waals surface area contributed by atoms with Crippen LogP contribution in [0.1, 0.15) is 54.3 Å². The lowest BCUT2D eigenvalue weighted by atomic mass is 9.76. The number of Topliss-reactive ketones (excluding diaryl/α,β-unsaturated/α-hetero) is 1. The first kappa shape index (κ1) is 14.2. The number of piperidine rings is 1. The standard InChI is InChI=1S/C16H23NO2S/c1-12(18)14-8-13(10-20-14)9-17-7-3-6-16(11-17)5-2-4-15(16)19/h8,10,15,19H,2-7,9,11H2,1H3/t15-,16-/m1/s1. The van der Waals surface area contributed by atoms with Crippen LogP contribution in [-0.4, -0.2) is 35.0 Å². The number of carbonyl (C=O) groups is 1. The molecular weight excluding hydrogens is 270 g/mol. The highest BCUT2D eigenvalue weighted by atomic mass is 32.1. The summed E-state index contributed by atoms with van der Waals surface area (Å²) in [5.74, 6) is 0.155. The van der Waals surface area contributed by atoms with Crippen LogP contribution in [0, 0.1) is 5.41 Å². The minimum atomic E-state index is -0.111. The number of thiophene rings is 1. The van der Waals surface area contributed by atoms with Crippen molar-refractivity contribution in [1.29, 1.82) is 0 Å². The topological polar surface area (TPSA) is 40.5 Å². The molecule has 1 N–H and O–H groups in total. The average Bonchev–Trinajstić information content (AvgIpc) is 2.99. The van der Waals surface area contributed by atoms with Crippen LogP contribution in [0.5, 0.6) is 0 Å². The van der Waals surface area contributed by atoms with Crippen LogP contribution in [-0.2, 0) is 6.54 Å². The van der Waals surface area contributed by atoms with Crippen molar-refractivity contribution in [1.82, 2.24) is 4.90 Å². The van der Waals surface area contributed by atoms with E-state index in [0.717, 1.165) is 30.9 Å². The zero-order valence-electron chi connectivity index (χ0n) is 12.1. The molecule has 20 heavy (non-hydrogen) atoms. The highest BCUT2D eigenvalue weighted by molar-refractivity contribution is 7.12. The van der Waals surface area contributed by atoms with Crippen molar-refractivity contribution in [3.05, 3.63) is 21.9 Å². The first-order valence-corrected chi connectivity index (χ1v) is 8.46. The Morgan fingerprint density at radius 2 is 2.30 bits per heavy atom. The molecule has 0 amide bonds. The Labute approximate surface area is 124 Å². The third-order valence-corrected chi connectivity index (χ3v) is 6.03. The van der Waals surface area contributed by atoms with E-state index in [-0.39, 0.29) is 17.3 Å². The molecule has 0 radical (unpaired) electrons. The second-order valence-electron chi connectivity index (χ2n) is 6.46. The minimum Gasteiger partial charge on any atom is -0.393 e. The number of carbonyl (C=O) groups excluding carboxylic acids is 1. The molecule has 4 heteroatoms. The molecule has 2 heterocycles. The van der Waals surface area contributed by atoms with Crippen LogP contribution in [0.3, 0.4) is 0 Å². The SMILES string of the molecule is CC(=O)c1cc(CN2CCC[C@]3(CCC[C@H]3O)C2)cs1. The second-order valence-corrected chi connectivity index (χ2v) is 7.37. The number of nitrogens with zero attached hydrogens (tertiary/aromatic N) is 1. The number of ketones is 1. The van der Waals surface area contributed by atoms with E-state index in [2.05, 4.69) is 10.3 Å². The molecule has 1 saturated carbocycles. The molecule has 0 bridgehead atoms. The zero-order valence-corrected chi connectivity index (χ0v) is 12.9. The van der Waals surface area contributed by atoms with Crippen LogP contribution >= 0.6 is 11.3 Å². The molecule has 3 rings (SSSR count). The third-order valence-electron chi connectivity index (χ3n) is 4.95. The van der Waals surface area contributed by atoms with Crippen LogP contribution in [0.4, 0.5) is 0 Å². The Bertz CT molecular complexity index is 498. The van der Waals surface area contributed by atoms with Crippen LogP contribution in [0.25, 0.3) is 0 Å². The van der Waals surface area contributed by atoms with Crippen molar-refractivity contribution in [3.63, 3.8) is 0 Å². The van der Waals surface area contributed by atoms with Gasteiger partial charge < -0.3 is 5.11 Å². The summed E-state index contributed by atoms with van der Waals surface area (Å²) in [6, 6.07) is 2.03. The Balaban J connectivity index is 1.66. The molecule has 0 unspecified atom stereocenters. The van der Waals surface area contributed by atoms with E-state index in [1.54, 1.807) is 18.3 Å². The number of hydrogen-bond acceptors (Lipinski definition) is 4. The summed E-state index contributed by atoms with van der Waals surface area (Å²) in [4.78, 5) is 14.7. The lowest BCUT2D eigenvalue weighted by Gasteiger charge is -2.42. The molecule has 2 fully saturated rings. The second kappa shape index (κ2) is 5.58. The van der Waals surface area contributed by atoms with E-state index in [9.17, 15) is 9.90 Å². The van der Waals surface area contributed by atoms with Gasteiger partial charge in [0, 0.05) is 18.5 Å². The fourth-order valence-electron chi connectivity index (χ4n) is 3.89. The van der Waals surface area contributed by atoms with Crippen molar-refractivity contribution in [3.8, 4) is 0 Å². The maximum absolute atomic E-state index is 11.4. The van der Waals surface area contributed by atoms with Gasteiger partial charge in [0.2, 0.25) is 0 Å². The third kappa shape index (κ3) is 2.69. The molecule has 0 aromatic carbocycles. The number of rotatable bonds is 3. The van der Waals surface area contributed by atoms with Crippen molar-refractivity contribution in [2.45, 2.75) is 51.7 Å². The maximum atomic E-state index is 11.4.